The highest BCUT2D eigenvalue weighted by Crippen LogP contribution is 2.29. The van der Waals surface area contributed by atoms with E-state index in [0.29, 0.717) is 10.3 Å². The average Bonchev–Trinajstić information content (AvgIpc) is 2.63. The van der Waals surface area contributed by atoms with Gasteiger partial charge in [0.05, 0.1) is 0 Å². The third-order valence-corrected chi connectivity index (χ3v) is 3.50. The summed E-state index contributed by atoms with van der Waals surface area (Å²) >= 11 is 0. The second-order valence-electron chi connectivity index (χ2n) is 5.38. The zero-order valence-corrected chi connectivity index (χ0v) is 14.4. The van der Waals surface area contributed by atoms with Crippen molar-refractivity contribution in [2.24, 2.45) is 0 Å². The van der Waals surface area contributed by atoms with Gasteiger partial charge in [0.2, 0.25) is 0 Å². The van der Waals surface area contributed by atoms with Gasteiger partial charge < -0.3 is 0 Å². The predicted molar refractivity (Wildman–Crippen MR) is 94.9 cm³/mol. The van der Waals surface area contributed by atoms with Crippen LogP contribution in [-0.2, 0) is 0 Å². The van der Waals surface area contributed by atoms with Crippen molar-refractivity contribution in [2.45, 2.75) is 19.8 Å². The fourth-order valence-corrected chi connectivity index (χ4v) is 2.08. The molecule has 2 rings (SSSR count). The Morgan fingerprint density at radius 3 is 2.50 bits per heavy atom. The van der Waals surface area contributed by atoms with Crippen molar-refractivity contribution < 1.29 is 8.78 Å². The largest absolute Gasteiger partial charge is 0.331 e. The van der Waals surface area contributed by atoms with Crippen molar-refractivity contribution in [3.63, 3.8) is 0 Å². The molecule has 0 spiro atoms. The van der Waals surface area contributed by atoms with Gasteiger partial charge in [0, 0.05) is 29.7 Å². The Morgan fingerprint density at radius 1 is 1.31 bits per heavy atom. The summed E-state index contributed by atoms with van der Waals surface area (Å²) in [5, 5.41) is 19.1. The molecule has 0 saturated carbocycles. The van der Waals surface area contributed by atoms with Gasteiger partial charge in [-0.05, 0) is 37.6 Å². The molecule has 0 fully saturated rings. The average molecular weight is 356 g/mol. The number of aromatic nitrogens is 4. The molecule has 6 nitrogen and oxygen atoms in total. The van der Waals surface area contributed by atoms with Crippen LogP contribution in [0.15, 0.2) is 61.1 Å². The Balaban J connectivity index is 2.47. The maximum atomic E-state index is 14.8. The number of alkyl halides is 2. The van der Waals surface area contributed by atoms with Crippen molar-refractivity contribution in [1.82, 2.24) is 19.7 Å². The second kappa shape index (κ2) is 7.73. The van der Waals surface area contributed by atoms with Crippen molar-refractivity contribution in [1.29, 1.82) is 10.8 Å². The van der Waals surface area contributed by atoms with E-state index in [1.54, 1.807) is 25.4 Å². The summed E-state index contributed by atoms with van der Waals surface area (Å²) in [6.45, 7) is 6.93. The van der Waals surface area contributed by atoms with Crippen LogP contribution >= 0.6 is 0 Å². The fourth-order valence-electron chi connectivity index (χ4n) is 2.08. The number of hydrogen-bond donors (Lipinski definition) is 2. The van der Waals surface area contributed by atoms with Crippen LogP contribution in [0.25, 0.3) is 5.57 Å². The lowest BCUT2D eigenvalue weighted by molar-refractivity contribution is 0.117. The summed E-state index contributed by atoms with van der Waals surface area (Å²) in [5.74, 6) is -4.57. The van der Waals surface area contributed by atoms with E-state index >= 15 is 0 Å². The standard InChI is InChI=1S/C18H18F2N6/c1-4-13(16-23-10-12(3)11-24-16)9-14(5-2)18(19,20)17(22)26-15(21)7-6-8-25-26/h4-11,21-22H,2H2,1,3H3/b13-4+,14-9+,21-15?,22-17?. The van der Waals surface area contributed by atoms with E-state index in [2.05, 4.69) is 21.6 Å². The van der Waals surface area contributed by atoms with E-state index < -0.39 is 17.3 Å². The van der Waals surface area contributed by atoms with Gasteiger partial charge in [-0.3, -0.25) is 10.8 Å². The quantitative estimate of drug-likeness (QED) is 0.490. The van der Waals surface area contributed by atoms with Gasteiger partial charge in [-0.25, -0.2) is 9.97 Å². The molecule has 2 aromatic rings. The first-order valence-corrected chi connectivity index (χ1v) is 7.67. The molecule has 0 aliphatic rings. The maximum Gasteiger partial charge on any atom is 0.331 e. The van der Waals surface area contributed by atoms with Crippen LogP contribution < -0.4 is 5.49 Å². The zero-order chi connectivity index (χ0) is 19.3. The molecule has 2 N–H and O–H groups in total. The monoisotopic (exact) mass is 356 g/mol. The summed E-state index contributed by atoms with van der Waals surface area (Å²) in [5.41, 5.74) is 0.370. The van der Waals surface area contributed by atoms with Gasteiger partial charge in [0.25, 0.3) is 0 Å². The molecule has 0 aromatic carbocycles. The Labute approximate surface area is 149 Å². The van der Waals surface area contributed by atoms with E-state index in [9.17, 15) is 8.78 Å². The molecule has 26 heavy (non-hydrogen) atoms. The van der Waals surface area contributed by atoms with Gasteiger partial charge in [-0.15, -0.1) is 0 Å². The summed E-state index contributed by atoms with van der Waals surface area (Å²) in [6.07, 6.45) is 8.15. The minimum absolute atomic E-state index is 0.284. The number of nitrogens with one attached hydrogen (secondary N) is 2. The van der Waals surface area contributed by atoms with E-state index in [4.69, 9.17) is 10.8 Å². The van der Waals surface area contributed by atoms with Crippen LogP contribution in [-0.4, -0.2) is 31.5 Å². The summed E-state index contributed by atoms with van der Waals surface area (Å²) < 4.78 is 30.3. The van der Waals surface area contributed by atoms with E-state index in [0.717, 1.165) is 11.6 Å². The number of aryl methyl sites for hydroxylation is 1. The molecular formula is C18H18F2N6. The number of halogens is 2. The molecule has 2 heterocycles. The Kier molecular flexibility index (Phi) is 5.66. The second-order valence-corrected chi connectivity index (χ2v) is 5.38. The lowest BCUT2D eigenvalue weighted by Gasteiger charge is -2.19. The van der Waals surface area contributed by atoms with E-state index in [-0.39, 0.29) is 11.3 Å². The molecule has 134 valence electrons. The number of hydrogen-bond acceptors (Lipinski definition) is 5. The number of nitrogens with zero attached hydrogens (tertiary/aromatic N) is 4. The fraction of sp³-hybridized carbons (Fsp3) is 0.167. The summed E-state index contributed by atoms with van der Waals surface area (Å²) in [4.78, 5) is 8.26. The summed E-state index contributed by atoms with van der Waals surface area (Å²) in [6, 6.07) is 2.70. The highest BCUT2D eigenvalue weighted by molar-refractivity contribution is 5.92. The van der Waals surface area contributed by atoms with Gasteiger partial charge in [0.1, 0.15) is 5.49 Å². The predicted octanol–water partition coefficient (Wildman–Crippen LogP) is 3.14. The van der Waals surface area contributed by atoms with Crippen molar-refractivity contribution in [3.8, 4) is 0 Å². The van der Waals surface area contributed by atoms with Crippen LogP contribution in [0.4, 0.5) is 8.78 Å². The molecule has 0 atom stereocenters. The van der Waals surface area contributed by atoms with Gasteiger partial charge in [0.15, 0.2) is 11.7 Å². The lowest BCUT2D eigenvalue weighted by atomic mass is 10.0. The third-order valence-electron chi connectivity index (χ3n) is 3.50. The normalized spacial score (nSPS) is 12.8. The summed E-state index contributed by atoms with van der Waals surface area (Å²) in [7, 11) is 0. The Hall–Kier alpha value is -3.29. The topological polar surface area (TPSA) is 91.3 Å². The van der Waals surface area contributed by atoms with Crippen LogP contribution in [0, 0.1) is 17.7 Å². The van der Waals surface area contributed by atoms with Crippen molar-refractivity contribution in [2.75, 3.05) is 0 Å². The van der Waals surface area contributed by atoms with E-state index in [1.807, 2.05) is 6.92 Å². The minimum atomic E-state index is -3.71. The highest BCUT2D eigenvalue weighted by atomic mass is 19.3. The lowest BCUT2D eigenvalue weighted by Crippen LogP contribution is -2.41. The molecule has 8 heteroatoms. The first-order chi connectivity index (χ1) is 12.3. The van der Waals surface area contributed by atoms with Gasteiger partial charge in [-0.2, -0.15) is 18.6 Å². The SMILES string of the molecule is C=C/C(=C\C(=C/C)c1ncc(C)cn1)C(F)(F)C(=N)n1ncccc1=N. The Morgan fingerprint density at radius 2 is 1.96 bits per heavy atom. The molecule has 0 aliphatic heterocycles. The maximum absolute atomic E-state index is 14.8. The number of rotatable bonds is 5. The van der Waals surface area contributed by atoms with Crippen molar-refractivity contribution in [3.05, 3.63) is 78.0 Å². The molecule has 0 bridgehead atoms. The molecule has 0 radical (unpaired) electrons. The Bertz CT molecular complexity index is 939. The molecule has 2 aromatic heterocycles. The van der Waals surface area contributed by atoms with E-state index in [1.165, 1.54) is 24.4 Å². The van der Waals surface area contributed by atoms with Gasteiger partial charge >= 0.3 is 5.92 Å². The van der Waals surface area contributed by atoms with Gasteiger partial charge in [-0.1, -0.05) is 18.7 Å². The molecular weight excluding hydrogens is 338 g/mol. The number of allylic oxidation sites excluding steroid dienone is 5. The highest BCUT2D eigenvalue weighted by Gasteiger charge is 2.40. The van der Waals surface area contributed by atoms with Crippen LogP contribution in [0.3, 0.4) is 0 Å². The van der Waals surface area contributed by atoms with Crippen LogP contribution in [0.2, 0.25) is 0 Å². The molecule has 0 amide bonds. The third kappa shape index (κ3) is 3.85. The first kappa shape index (κ1) is 19.0. The first-order valence-electron chi connectivity index (χ1n) is 7.67. The molecule has 0 aliphatic carbocycles. The van der Waals surface area contributed by atoms with Crippen LogP contribution in [0.5, 0.6) is 0 Å². The smallest absolute Gasteiger partial charge is 0.283 e. The van der Waals surface area contributed by atoms with Crippen LogP contribution in [0.1, 0.15) is 18.3 Å². The molecule has 0 saturated heterocycles. The zero-order valence-electron chi connectivity index (χ0n) is 14.4. The molecule has 0 unspecified atom stereocenters. The minimum Gasteiger partial charge on any atom is -0.283 e. The van der Waals surface area contributed by atoms with Crippen molar-refractivity contribution >= 4 is 11.4 Å².